The third-order valence-electron chi connectivity index (χ3n) is 5.98. The van der Waals surface area contributed by atoms with Crippen LogP contribution >= 0.6 is 35.0 Å². The number of benzene rings is 2. The summed E-state index contributed by atoms with van der Waals surface area (Å²) in [6.45, 7) is 6.13. The van der Waals surface area contributed by atoms with E-state index in [1.807, 2.05) is 45.0 Å². The van der Waals surface area contributed by atoms with Gasteiger partial charge >= 0.3 is 0 Å². The van der Waals surface area contributed by atoms with E-state index < -0.39 is 0 Å². The molecule has 2 aliphatic rings. The SMILES string of the molecule is Cc1c(Cl)cccc1-n1c(C)cc(/C=C2\SC(=O)N(Cc3cc4c(cc3Cl)OCO4)C2=O)c1C. The van der Waals surface area contributed by atoms with Gasteiger partial charge in [0.05, 0.1) is 11.4 Å². The van der Waals surface area contributed by atoms with E-state index >= 15 is 0 Å². The molecule has 6 nitrogen and oxygen atoms in total. The molecule has 9 heteroatoms. The average Bonchev–Trinajstić information content (AvgIpc) is 3.43. The lowest BCUT2D eigenvalue weighted by Crippen LogP contribution is -2.27. The van der Waals surface area contributed by atoms with Crippen molar-refractivity contribution in [2.75, 3.05) is 6.79 Å². The topological polar surface area (TPSA) is 60.8 Å². The monoisotopic (exact) mass is 514 g/mol. The van der Waals surface area contributed by atoms with Gasteiger partial charge in [0.25, 0.3) is 11.1 Å². The van der Waals surface area contributed by atoms with Crippen LogP contribution in [0.1, 0.15) is 28.1 Å². The summed E-state index contributed by atoms with van der Waals surface area (Å²) in [6, 6.07) is 11.1. The molecular formula is C25H20Cl2N2O4S. The van der Waals surface area contributed by atoms with Gasteiger partial charge in [0, 0.05) is 33.2 Å². The van der Waals surface area contributed by atoms with E-state index in [-0.39, 0.29) is 24.5 Å². The van der Waals surface area contributed by atoms with Crippen molar-refractivity contribution in [1.82, 2.24) is 9.47 Å². The first kappa shape index (κ1) is 22.9. The number of rotatable bonds is 4. The molecule has 0 saturated carbocycles. The fraction of sp³-hybridized carbons (Fsp3) is 0.200. The smallest absolute Gasteiger partial charge is 0.293 e. The van der Waals surface area contributed by atoms with E-state index in [2.05, 4.69) is 4.57 Å². The fourth-order valence-electron chi connectivity index (χ4n) is 4.17. The number of imide groups is 1. The number of fused-ring (bicyclic) bond motifs is 1. The Balaban J connectivity index is 1.44. The molecule has 1 saturated heterocycles. The van der Waals surface area contributed by atoms with Crippen molar-refractivity contribution in [3.63, 3.8) is 0 Å². The zero-order chi connectivity index (χ0) is 24.1. The Morgan fingerprint density at radius 3 is 2.53 bits per heavy atom. The molecule has 1 fully saturated rings. The maximum Gasteiger partial charge on any atom is 0.293 e. The molecule has 2 aromatic carbocycles. The molecule has 0 unspecified atom stereocenters. The van der Waals surface area contributed by atoms with Gasteiger partial charge in [-0.1, -0.05) is 29.3 Å². The maximum atomic E-state index is 13.1. The molecule has 0 radical (unpaired) electrons. The Morgan fingerprint density at radius 2 is 1.76 bits per heavy atom. The van der Waals surface area contributed by atoms with Crippen LogP contribution in [0.3, 0.4) is 0 Å². The van der Waals surface area contributed by atoms with Crippen LogP contribution in [0.2, 0.25) is 10.0 Å². The van der Waals surface area contributed by atoms with Gasteiger partial charge in [-0.15, -0.1) is 0 Å². The third-order valence-corrected chi connectivity index (χ3v) is 7.65. The third kappa shape index (κ3) is 3.87. The van der Waals surface area contributed by atoms with Gasteiger partial charge in [0.2, 0.25) is 6.79 Å². The largest absolute Gasteiger partial charge is 0.454 e. The average molecular weight is 515 g/mol. The fourth-order valence-corrected chi connectivity index (χ4v) is 5.38. The minimum Gasteiger partial charge on any atom is -0.454 e. The number of hydrogen-bond acceptors (Lipinski definition) is 5. The lowest BCUT2D eigenvalue weighted by Gasteiger charge is -2.14. The molecule has 2 amide bonds. The van der Waals surface area contributed by atoms with Crippen LogP contribution in [0.25, 0.3) is 11.8 Å². The number of carbonyl (C=O) groups is 2. The predicted molar refractivity (Wildman–Crippen MR) is 134 cm³/mol. The highest BCUT2D eigenvalue weighted by Gasteiger charge is 2.36. The van der Waals surface area contributed by atoms with Gasteiger partial charge in [0.15, 0.2) is 11.5 Å². The minimum atomic E-state index is -0.354. The number of nitrogens with zero attached hydrogens (tertiary/aromatic N) is 2. The number of amides is 2. The van der Waals surface area contributed by atoms with Crippen LogP contribution in [0.4, 0.5) is 4.79 Å². The number of thioether (sulfide) groups is 1. The molecule has 0 aliphatic carbocycles. The lowest BCUT2D eigenvalue weighted by molar-refractivity contribution is -0.123. The second kappa shape index (κ2) is 8.73. The lowest BCUT2D eigenvalue weighted by atomic mass is 10.1. The van der Waals surface area contributed by atoms with Crippen LogP contribution in [-0.2, 0) is 11.3 Å². The zero-order valence-electron chi connectivity index (χ0n) is 18.6. The van der Waals surface area contributed by atoms with Gasteiger partial charge in [-0.25, -0.2) is 0 Å². The number of aromatic nitrogens is 1. The molecule has 3 heterocycles. The quantitative estimate of drug-likeness (QED) is 0.363. The summed E-state index contributed by atoms with van der Waals surface area (Å²) in [5, 5.41) is 0.757. The van der Waals surface area contributed by atoms with E-state index in [0.717, 1.165) is 40.0 Å². The highest BCUT2D eigenvalue weighted by Crippen LogP contribution is 2.40. The molecule has 2 aliphatic heterocycles. The Morgan fingerprint density at radius 1 is 1.03 bits per heavy atom. The molecule has 34 heavy (non-hydrogen) atoms. The molecule has 174 valence electrons. The van der Waals surface area contributed by atoms with Gasteiger partial charge < -0.3 is 14.0 Å². The summed E-state index contributed by atoms with van der Waals surface area (Å²) in [7, 11) is 0. The number of carbonyl (C=O) groups excluding carboxylic acids is 2. The van der Waals surface area contributed by atoms with Crippen molar-refractivity contribution in [2.24, 2.45) is 0 Å². The first-order valence-electron chi connectivity index (χ1n) is 10.5. The Kier molecular flexibility index (Phi) is 5.88. The minimum absolute atomic E-state index is 0.0538. The van der Waals surface area contributed by atoms with Crippen molar-refractivity contribution in [2.45, 2.75) is 27.3 Å². The van der Waals surface area contributed by atoms with E-state index in [9.17, 15) is 9.59 Å². The highest BCUT2D eigenvalue weighted by atomic mass is 35.5. The van der Waals surface area contributed by atoms with E-state index in [1.54, 1.807) is 18.2 Å². The Labute approximate surface area is 211 Å². The van der Waals surface area contributed by atoms with Crippen LogP contribution < -0.4 is 9.47 Å². The summed E-state index contributed by atoms with van der Waals surface area (Å²) >= 11 is 13.6. The summed E-state index contributed by atoms with van der Waals surface area (Å²) in [5.74, 6) is 0.742. The molecule has 0 atom stereocenters. The molecule has 3 aromatic rings. The summed E-state index contributed by atoms with van der Waals surface area (Å²) in [6.07, 6.45) is 1.77. The van der Waals surface area contributed by atoms with E-state index in [4.69, 9.17) is 32.7 Å². The second-order valence-corrected chi connectivity index (χ2v) is 9.92. The van der Waals surface area contributed by atoms with Crippen LogP contribution in [-0.4, -0.2) is 27.4 Å². The van der Waals surface area contributed by atoms with Crippen LogP contribution in [0.5, 0.6) is 11.5 Å². The predicted octanol–water partition coefficient (Wildman–Crippen LogP) is 6.67. The molecule has 0 bridgehead atoms. The number of ether oxygens (including phenoxy) is 2. The molecule has 0 spiro atoms. The van der Waals surface area contributed by atoms with E-state index in [1.165, 1.54) is 4.90 Å². The van der Waals surface area contributed by atoms with Crippen molar-refractivity contribution < 1.29 is 19.1 Å². The highest BCUT2D eigenvalue weighted by molar-refractivity contribution is 8.18. The number of halogens is 2. The summed E-state index contributed by atoms with van der Waals surface area (Å²) in [4.78, 5) is 27.4. The Bertz CT molecular complexity index is 1400. The second-order valence-electron chi connectivity index (χ2n) is 8.11. The summed E-state index contributed by atoms with van der Waals surface area (Å²) < 4.78 is 12.8. The van der Waals surface area contributed by atoms with Gasteiger partial charge in [0.1, 0.15) is 0 Å². The van der Waals surface area contributed by atoms with Crippen molar-refractivity contribution >= 4 is 52.2 Å². The number of aryl methyl sites for hydroxylation is 1. The molecular weight excluding hydrogens is 495 g/mol. The first-order chi connectivity index (χ1) is 16.2. The first-order valence-corrected chi connectivity index (χ1v) is 12.1. The van der Waals surface area contributed by atoms with Crippen molar-refractivity contribution in [1.29, 1.82) is 0 Å². The molecule has 5 rings (SSSR count). The van der Waals surface area contributed by atoms with Gasteiger partial charge in [-0.05, 0) is 79.6 Å². The zero-order valence-corrected chi connectivity index (χ0v) is 21.0. The number of hydrogen-bond donors (Lipinski definition) is 0. The van der Waals surface area contributed by atoms with Gasteiger partial charge in [-0.2, -0.15) is 0 Å². The molecule has 1 aromatic heterocycles. The molecule has 0 N–H and O–H groups in total. The van der Waals surface area contributed by atoms with Gasteiger partial charge in [-0.3, -0.25) is 14.5 Å². The normalized spacial score (nSPS) is 16.3. The van der Waals surface area contributed by atoms with Crippen LogP contribution in [0, 0.1) is 20.8 Å². The Hall–Kier alpha value is -2.87. The van der Waals surface area contributed by atoms with Crippen molar-refractivity contribution in [3.8, 4) is 17.2 Å². The maximum absolute atomic E-state index is 13.1. The summed E-state index contributed by atoms with van der Waals surface area (Å²) in [5.41, 5.74) is 5.38. The van der Waals surface area contributed by atoms with Crippen molar-refractivity contribution in [3.05, 3.63) is 79.4 Å². The standard InChI is InChI=1S/C25H20Cl2N2O4S/c1-13-7-16(15(3)29(13)20-6-4-5-18(26)14(20)2)9-23-24(30)28(25(31)34-23)11-17-8-21-22(10-19(17)27)33-12-32-21/h4-10H,11-12H2,1-3H3/b23-9-. The van der Waals surface area contributed by atoms with E-state index in [0.29, 0.717) is 32.0 Å². The van der Waals surface area contributed by atoms with Crippen LogP contribution in [0.15, 0.2) is 41.3 Å².